The fraction of sp³-hybridized carbons (Fsp3) is 0.400. The zero-order valence-electron chi connectivity index (χ0n) is 9.18. The molecule has 0 amide bonds. The molecule has 0 spiro atoms. The van der Waals surface area contributed by atoms with Gasteiger partial charge in [0.05, 0.1) is 4.90 Å². The van der Waals surface area contributed by atoms with Crippen molar-refractivity contribution >= 4 is 10.0 Å². The molecule has 0 aliphatic heterocycles. The van der Waals surface area contributed by atoms with Gasteiger partial charge < -0.3 is 0 Å². The van der Waals surface area contributed by atoms with Crippen molar-refractivity contribution in [3.8, 4) is 0 Å². The van der Waals surface area contributed by atoms with Crippen LogP contribution in [0.25, 0.3) is 0 Å². The van der Waals surface area contributed by atoms with Crippen LogP contribution in [0.3, 0.4) is 0 Å². The molecule has 0 aliphatic rings. The summed E-state index contributed by atoms with van der Waals surface area (Å²) in [5, 5.41) is 0. The first-order valence-electron chi connectivity index (χ1n) is 5.10. The molecule has 14 heavy (non-hydrogen) atoms. The first kappa shape index (κ1) is 9.68. The highest BCUT2D eigenvalue weighted by Gasteiger charge is 2.11. The summed E-state index contributed by atoms with van der Waals surface area (Å²) in [7, 11) is -3.61. The van der Waals surface area contributed by atoms with Gasteiger partial charge in [0.15, 0.2) is 0 Å². The molecular formula is C10H15NO2S. The molecule has 0 aromatic heterocycles. The monoisotopic (exact) mass is 214 g/mol. The molecule has 1 N–H and O–H groups in total. The molecule has 0 atom stereocenters. The summed E-state index contributed by atoms with van der Waals surface area (Å²) >= 11 is 0. The van der Waals surface area contributed by atoms with E-state index in [4.69, 9.17) is 1.41 Å². The summed E-state index contributed by atoms with van der Waals surface area (Å²) in [6.07, 6.45) is 1.58. The number of hydrogen-bond donors (Lipinski definition) is 1. The van der Waals surface area contributed by atoms with Crippen LogP contribution >= 0.6 is 0 Å². The van der Waals surface area contributed by atoms with E-state index < -0.39 is 10.0 Å². The van der Waals surface area contributed by atoms with Crippen LogP contribution in [0.4, 0.5) is 0 Å². The van der Waals surface area contributed by atoms with Gasteiger partial charge >= 0.3 is 0 Å². The maximum Gasteiger partial charge on any atom is 0.240 e. The minimum Gasteiger partial charge on any atom is -0.211 e. The second-order valence-electron chi connectivity index (χ2n) is 2.99. The van der Waals surface area contributed by atoms with Crippen molar-refractivity contribution in [2.24, 2.45) is 0 Å². The molecule has 0 saturated carbocycles. The number of unbranched alkanes of at least 4 members (excludes halogenated alkanes) is 1. The molecule has 0 fully saturated rings. The lowest BCUT2D eigenvalue weighted by atomic mass is 10.3. The molecule has 0 heterocycles. The summed E-state index contributed by atoms with van der Waals surface area (Å²) in [6, 6.07) is 8.06. The maximum atomic E-state index is 11.8. The van der Waals surface area contributed by atoms with Crippen molar-refractivity contribution in [1.82, 2.24) is 4.72 Å². The molecule has 78 valence electrons. The van der Waals surface area contributed by atoms with Gasteiger partial charge in [-0.15, -0.1) is 0 Å². The summed E-state index contributed by atoms with van der Waals surface area (Å²) in [4.78, 5) is 0.177. The zero-order chi connectivity index (χ0) is 11.3. The highest BCUT2D eigenvalue weighted by molar-refractivity contribution is 7.89. The van der Waals surface area contributed by atoms with E-state index in [1.54, 1.807) is 18.2 Å². The van der Waals surface area contributed by atoms with Crippen molar-refractivity contribution < 1.29 is 9.83 Å². The molecule has 0 bridgehead atoms. The fourth-order valence-corrected chi connectivity index (χ4v) is 2.03. The standard InChI is InChI=1S/C10H15NO2S/c1-2-3-9-11-14(12,13)10-7-5-4-6-8-10/h4-8,11H,2-3,9H2,1H3/i/hD. The first-order chi connectivity index (χ1) is 7.09. The predicted octanol–water partition coefficient (Wildman–Crippen LogP) is 1.77. The van der Waals surface area contributed by atoms with E-state index in [-0.39, 0.29) is 11.4 Å². The number of hydrogen-bond acceptors (Lipinski definition) is 2. The van der Waals surface area contributed by atoms with Crippen LogP contribution in [0, 0.1) is 0 Å². The predicted molar refractivity (Wildman–Crippen MR) is 56.5 cm³/mol. The van der Waals surface area contributed by atoms with Gasteiger partial charge in [0, 0.05) is 6.54 Å². The van der Waals surface area contributed by atoms with Gasteiger partial charge in [0.25, 0.3) is 0 Å². The van der Waals surface area contributed by atoms with Gasteiger partial charge in [-0.25, -0.2) is 13.1 Å². The Labute approximate surface area is 86.7 Å². The van der Waals surface area contributed by atoms with Crippen LogP contribution < -0.4 is 4.72 Å². The largest absolute Gasteiger partial charge is 0.240 e. The molecule has 0 radical (unpaired) electrons. The first-order valence-corrected chi connectivity index (χ1v) is 6.09. The Kier molecular flexibility index (Phi) is 3.54. The van der Waals surface area contributed by atoms with Gasteiger partial charge in [0.2, 0.25) is 10.0 Å². The number of rotatable bonds is 5. The lowest BCUT2D eigenvalue weighted by molar-refractivity contribution is 0.578. The average molecular weight is 214 g/mol. The average Bonchev–Trinajstić information content (AvgIpc) is 2.27. The van der Waals surface area contributed by atoms with Crippen molar-refractivity contribution in [1.29, 1.82) is 0 Å². The quantitative estimate of drug-likeness (QED) is 0.812. The second kappa shape index (κ2) is 5.12. The van der Waals surface area contributed by atoms with E-state index in [1.165, 1.54) is 12.1 Å². The Bertz CT molecular complexity index is 391. The van der Waals surface area contributed by atoms with E-state index in [2.05, 4.69) is 0 Å². The molecule has 0 unspecified atom stereocenters. The van der Waals surface area contributed by atoms with Crippen LogP contribution in [0.15, 0.2) is 35.2 Å². The summed E-state index contributed by atoms with van der Waals surface area (Å²) in [6.45, 7) is 2.21. The van der Waals surface area contributed by atoms with Crippen molar-refractivity contribution in [3.05, 3.63) is 30.3 Å². The van der Waals surface area contributed by atoms with Crippen molar-refractivity contribution in [3.63, 3.8) is 0 Å². The summed E-state index contributed by atoms with van der Waals surface area (Å²) < 4.78 is 31.7. The Morgan fingerprint density at radius 1 is 1.36 bits per heavy atom. The number of benzene rings is 1. The van der Waals surface area contributed by atoms with Gasteiger partial charge in [-0.2, -0.15) is 0 Å². The molecule has 4 heteroatoms. The normalized spacial score (nSPS) is 12.9. The van der Waals surface area contributed by atoms with Crippen LogP contribution in [-0.4, -0.2) is 15.0 Å². The molecule has 3 nitrogen and oxygen atoms in total. The van der Waals surface area contributed by atoms with Gasteiger partial charge in [-0.05, 0) is 18.6 Å². The summed E-state index contributed by atoms with van der Waals surface area (Å²) in [5.74, 6) is 0. The highest BCUT2D eigenvalue weighted by atomic mass is 32.2. The van der Waals surface area contributed by atoms with Gasteiger partial charge in [-0.3, -0.25) is 0 Å². The van der Waals surface area contributed by atoms with Crippen LogP contribution in [0.2, 0.25) is 1.41 Å². The fourth-order valence-electron chi connectivity index (χ4n) is 1.01. The molecule has 1 aromatic rings. The minimum absolute atomic E-state index is 0.177. The SMILES string of the molecule is [2H]N(CCCC)S(=O)(=O)c1ccccc1. The summed E-state index contributed by atoms with van der Waals surface area (Å²) in [5.41, 5.74) is 0. The van der Waals surface area contributed by atoms with E-state index in [1.807, 2.05) is 6.92 Å². The molecule has 1 aromatic carbocycles. The van der Waals surface area contributed by atoms with E-state index in [9.17, 15) is 8.42 Å². The number of sulfonamides is 1. The Morgan fingerprint density at radius 2 is 2.00 bits per heavy atom. The van der Waals surface area contributed by atoms with E-state index >= 15 is 0 Å². The highest BCUT2D eigenvalue weighted by Crippen LogP contribution is 2.06. The third kappa shape index (κ3) is 3.12. The topological polar surface area (TPSA) is 46.2 Å². The minimum atomic E-state index is -3.61. The second-order valence-corrected chi connectivity index (χ2v) is 4.67. The lowest BCUT2D eigenvalue weighted by Crippen LogP contribution is -2.24. The Balaban J connectivity index is 2.84. The molecule has 0 saturated heterocycles. The third-order valence-electron chi connectivity index (χ3n) is 1.81. The maximum absolute atomic E-state index is 11.8. The van der Waals surface area contributed by atoms with Gasteiger partial charge in [0.1, 0.15) is 1.41 Å². The molecular weight excluding hydrogens is 198 g/mol. The third-order valence-corrected chi connectivity index (χ3v) is 3.20. The van der Waals surface area contributed by atoms with Crippen LogP contribution in [0.1, 0.15) is 19.8 Å². The lowest BCUT2D eigenvalue weighted by Gasteiger charge is -2.04. The zero-order valence-corrected chi connectivity index (χ0v) is 9.00. The Hall–Kier alpha value is -0.870. The van der Waals surface area contributed by atoms with E-state index in [0.717, 1.165) is 6.42 Å². The molecule has 1 rings (SSSR count). The van der Waals surface area contributed by atoms with Crippen LogP contribution in [-0.2, 0) is 10.0 Å². The molecule has 0 aliphatic carbocycles. The van der Waals surface area contributed by atoms with Crippen LogP contribution in [0.5, 0.6) is 0 Å². The Morgan fingerprint density at radius 3 is 2.57 bits per heavy atom. The van der Waals surface area contributed by atoms with Crippen molar-refractivity contribution in [2.45, 2.75) is 24.7 Å². The van der Waals surface area contributed by atoms with Crippen molar-refractivity contribution in [2.75, 3.05) is 6.54 Å². The smallest absolute Gasteiger partial charge is 0.211 e. The number of nitrogens with one attached hydrogen (secondary N) is 1. The van der Waals surface area contributed by atoms with E-state index in [0.29, 0.717) is 11.1 Å². The van der Waals surface area contributed by atoms with Gasteiger partial charge in [-0.1, -0.05) is 31.5 Å².